The van der Waals surface area contributed by atoms with Gasteiger partial charge in [-0.3, -0.25) is 5.32 Å². The molecule has 0 aliphatic heterocycles. The monoisotopic (exact) mass is 246 g/mol. The van der Waals surface area contributed by atoms with E-state index in [0.29, 0.717) is 6.42 Å². The van der Waals surface area contributed by atoms with E-state index in [-0.39, 0.29) is 6.10 Å². The van der Waals surface area contributed by atoms with E-state index in [2.05, 4.69) is 11.4 Å². The van der Waals surface area contributed by atoms with Gasteiger partial charge in [-0.15, -0.1) is 0 Å². The first kappa shape index (κ1) is 14.5. The molecule has 3 nitrogen and oxygen atoms in total. The highest BCUT2D eigenvalue weighted by molar-refractivity contribution is 5.26. The molecule has 0 saturated heterocycles. The van der Waals surface area contributed by atoms with Crippen LogP contribution in [0.3, 0.4) is 0 Å². The van der Waals surface area contributed by atoms with Crippen molar-refractivity contribution in [2.45, 2.75) is 45.8 Å². The molecule has 0 aliphatic carbocycles. The minimum Gasteiger partial charge on any atom is -0.491 e. The van der Waals surface area contributed by atoms with Gasteiger partial charge < -0.3 is 4.74 Å². The molecule has 18 heavy (non-hydrogen) atoms. The van der Waals surface area contributed by atoms with Gasteiger partial charge in [0.05, 0.1) is 12.2 Å². The second kappa shape index (κ2) is 6.42. The molecule has 0 aromatic heterocycles. The van der Waals surface area contributed by atoms with Crippen molar-refractivity contribution in [1.82, 2.24) is 5.32 Å². The predicted octanol–water partition coefficient (Wildman–Crippen LogP) is 3.04. The lowest BCUT2D eigenvalue weighted by Crippen LogP contribution is -2.44. The summed E-state index contributed by atoms with van der Waals surface area (Å²) in [4.78, 5) is 0. The largest absolute Gasteiger partial charge is 0.491 e. The number of aryl methyl sites for hydroxylation is 1. The summed E-state index contributed by atoms with van der Waals surface area (Å²) < 4.78 is 5.82. The highest BCUT2D eigenvalue weighted by Gasteiger charge is 2.25. The van der Waals surface area contributed by atoms with Crippen LogP contribution in [0.2, 0.25) is 0 Å². The normalized spacial score (nSPS) is 15.5. The minimum absolute atomic E-state index is 0.00333. The maximum Gasteiger partial charge on any atom is 0.119 e. The molecule has 98 valence electrons. The van der Waals surface area contributed by atoms with Gasteiger partial charge in [0.15, 0.2) is 0 Å². The van der Waals surface area contributed by atoms with E-state index >= 15 is 0 Å². The van der Waals surface area contributed by atoms with Gasteiger partial charge in [-0.1, -0.05) is 24.6 Å². The van der Waals surface area contributed by atoms with Gasteiger partial charge in [-0.25, -0.2) is 0 Å². The lowest BCUT2D eigenvalue weighted by Gasteiger charge is -2.26. The summed E-state index contributed by atoms with van der Waals surface area (Å²) in [6.07, 6.45) is 0.655. The molecule has 0 radical (unpaired) electrons. The van der Waals surface area contributed by atoms with Crippen LogP contribution < -0.4 is 10.1 Å². The zero-order chi connectivity index (χ0) is 13.6. The summed E-state index contributed by atoms with van der Waals surface area (Å²) in [7, 11) is 0. The first-order valence-electron chi connectivity index (χ1n) is 6.38. The van der Waals surface area contributed by atoms with Crippen molar-refractivity contribution < 1.29 is 4.74 Å². The number of hydrogen-bond donors (Lipinski definition) is 1. The van der Waals surface area contributed by atoms with Crippen molar-refractivity contribution >= 4 is 0 Å². The first-order valence-corrected chi connectivity index (χ1v) is 6.38. The topological polar surface area (TPSA) is 45.0 Å². The molecule has 0 bridgehead atoms. The van der Waals surface area contributed by atoms with Gasteiger partial charge >= 0.3 is 0 Å². The number of ether oxygens (including phenoxy) is 1. The number of nitrogens with one attached hydrogen (secondary N) is 1. The summed E-state index contributed by atoms with van der Waals surface area (Å²) in [6, 6.07) is 10.3. The predicted molar refractivity (Wildman–Crippen MR) is 73.6 cm³/mol. The lowest BCUT2D eigenvalue weighted by atomic mass is 9.96. The second-order valence-corrected chi connectivity index (χ2v) is 4.92. The van der Waals surface area contributed by atoms with Crippen molar-refractivity contribution in [2.24, 2.45) is 0 Å². The Hall–Kier alpha value is -1.53. The Morgan fingerprint density at radius 1 is 1.39 bits per heavy atom. The standard InChI is InChI=1S/C15H22N2O/c1-5-17-15(4,11-16)10-13(3)18-14-8-6-12(2)7-9-14/h6-9,13,17H,5,10H2,1-4H3. The third kappa shape index (κ3) is 4.38. The maximum absolute atomic E-state index is 9.20. The Labute approximate surface area is 110 Å². The Bertz CT molecular complexity index is 407. The molecule has 0 spiro atoms. The van der Waals surface area contributed by atoms with Crippen LogP contribution in [0, 0.1) is 18.3 Å². The molecule has 0 fully saturated rings. The molecule has 1 N–H and O–H groups in total. The second-order valence-electron chi connectivity index (χ2n) is 4.92. The number of benzene rings is 1. The summed E-state index contributed by atoms with van der Waals surface area (Å²) in [5.41, 5.74) is 0.684. The van der Waals surface area contributed by atoms with Gasteiger partial charge in [-0.05, 0) is 39.4 Å². The average Bonchev–Trinajstić information content (AvgIpc) is 2.32. The molecule has 3 heteroatoms. The van der Waals surface area contributed by atoms with Crippen molar-refractivity contribution in [1.29, 1.82) is 5.26 Å². The molecular weight excluding hydrogens is 224 g/mol. The van der Waals surface area contributed by atoms with E-state index in [1.807, 2.05) is 52.0 Å². The SMILES string of the molecule is CCNC(C)(C#N)CC(C)Oc1ccc(C)cc1. The van der Waals surface area contributed by atoms with Crippen LogP contribution in [0.25, 0.3) is 0 Å². The molecule has 1 rings (SSSR count). The van der Waals surface area contributed by atoms with Crippen LogP contribution in [0.4, 0.5) is 0 Å². The van der Waals surface area contributed by atoms with E-state index < -0.39 is 5.54 Å². The Balaban J connectivity index is 2.58. The van der Waals surface area contributed by atoms with E-state index in [4.69, 9.17) is 4.74 Å². The summed E-state index contributed by atoms with van der Waals surface area (Å²) in [5, 5.41) is 12.4. The molecule has 0 amide bonds. The quantitative estimate of drug-likeness (QED) is 0.839. The van der Waals surface area contributed by atoms with Gasteiger partial charge in [0.25, 0.3) is 0 Å². The fourth-order valence-corrected chi connectivity index (χ4v) is 2.01. The average molecular weight is 246 g/mol. The van der Waals surface area contributed by atoms with Gasteiger partial charge in [0.2, 0.25) is 0 Å². The van der Waals surface area contributed by atoms with Crippen LogP contribution in [0.1, 0.15) is 32.8 Å². The first-order chi connectivity index (χ1) is 8.49. The van der Waals surface area contributed by atoms with Gasteiger partial charge in [0.1, 0.15) is 11.3 Å². The number of nitrogens with zero attached hydrogens (tertiary/aromatic N) is 1. The van der Waals surface area contributed by atoms with Crippen LogP contribution in [-0.2, 0) is 0 Å². The van der Waals surface area contributed by atoms with E-state index in [1.165, 1.54) is 5.56 Å². The Morgan fingerprint density at radius 3 is 2.50 bits per heavy atom. The van der Waals surface area contributed by atoms with Crippen LogP contribution in [0.15, 0.2) is 24.3 Å². The number of hydrogen-bond acceptors (Lipinski definition) is 3. The number of nitriles is 1. The molecule has 2 unspecified atom stereocenters. The highest BCUT2D eigenvalue weighted by atomic mass is 16.5. The zero-order valence-corrected chi connectivity index (χ0v) is 11.7. The molecule has 0 heterocycles. The molecule has 2 atom stereocenters. The summed E-state index contributed by atoms with van der Waals surface area (Å²) in [6.45, 7) is 8.73. The molecule has 1 aromatic rings. The fraction of sp³-hybridized carbons (Fsp3) is 0.533. The highest BCUT2D eigenvalue weighted by Crippen LogP contribution is 2.18. The zero-order valence-electron chi connectivity index (χ0n) is 11.7. The summed E-state index contributed by atoms with van der Waals surface area (Å²) >= 11 is 0. The van der Waals surface area contributed by atoms with Crippen LogP contribution >= 0.6 is 0 Å². The molecule has 0 aliphatic rings. The fourth-order valence-electron chi connectivity index (χ4n) is 2.01. The van der Waals surface area contributed by atoms with E-state index in [9.17, 15) is 5.26 Å². The van der Waals surface area contributed by atoms with Gasteiger partial charge in [0, 0.05) is 6.42 Å². The van der Waals surface area contributed by atoms with Crippen molar-refractivity contribution in [3.63, 3.8) is 0 Å². The Morgan fingerprint density at radius 2 is 2.00 bits per heavy atom. The maximum atomic E-state index is 9.20. The van der Waals surface area contributed by atoms with Crippen molar-refractivity contribution in [2.75, 3.05) is 6.54 Å². The molecule has 1 aromatic carbocycles. The minimum atomic E-state index is -0.529. The van der Waals surface area contributed by atoms with E-state index in [1.54, 1.807) is 0 Å². The van der Waals surface area contributed by atoms with Crippen molar-refractivity contribution in [3.8, 4) is 11.8 Å². The summed E-state index contributed by atoms with van der Waals surface area (Å²) in [5.74, 6) is 0.852. The smallest absolute Gasteiger partial charge is 0.119 e. The third-order valence-electron chi connectivity index (χ3n) is 2.87. The van der Waals surface area contributed by atoms with Crippen LogP contribution in [0.5, 0.6) is 5.75 Å². The van der Waals surface area contributed by atoms with E-state index in [0.717, 1.165) is 12.3 Å². The lowest BCUT2D eigenvalue weighted by molar-refractivity contribution is 0.180. The molecular formula is C15H22N2O. The van der Waals surface area contributed by atoms with Crippen molar-refractivity contribution in [3.05, 3.63) is 29.8 Å². The molecule has 0 saturated carbocycles. The van der Waals surface area contributed by atoms with Gasteiger partial charge in [-0.2, -0.15) is 5.26 Å². The Kier molecular flexibility index (Phi) is 5.18. The van der Waals surface area contributed by atoms with Crippen LogP contribution in [-0.4, -0.2) is 18.2 Å². The number of rotatable bonds is 6. The third-order valence-corrected chi connectivity index (χ3v) is 2.87.